The quantitative estimate of drug-likeness (QED) is 0.548. The van der Waals surface area contributed by atoms with Crippen LogP contribution in [0.3, 0.4) is 0 Å². The summed E-state index contributed by atoms with van der Waals surface area (Å²) in [5, 5.41) is 29.6. The number of aliphatic hydroxyl groups excluding tert-OH is 2. The number of hydrogen-bond acceptors (Lipinski definition) is 5. The Labute approximate surface area is 172 Å². The molecule has 1 aromatic heterocycles. The topological polar surface area (TPSA) is 99.9 Å². The van der Waals surface area contributed by atoms with Crippen molar-refractivity contribution in [2.45, 2.75) is 69.7 Å². The third-order valence-electron chi connectivity index (χ3n) is 6.35. The summed E-state index contributed by atoms with van der Waals surface area (Å²) in [6.07, 6.45) is 12.2. The Morgan fingerprint density at radius 2 is 2.24 bits per heavy atom. The molecule has 6 nitrogen and oxygen atoms in total. The lowest BCUT2D eigenvalue weighted by molar-refractivity contribution is -0.137. The number of carbonyl (C=O) groups is 1. The molecule has 29 heavy (non-hydrogen) atoms. The van der Waals surface area contributed by atoms with E-state index in [0.717, 1.165) is 31.2 Å². The van der Waals surface area contributed by atoms with Gasteiger partial charge in [-0.15, -0.1) is 0 Å². The molecule has 6 heteroatoms. The molecule has 1 aliphatic heterocycles. The van der Waals surface area contributed by atoms with E-state index in [0.29, 0.717) is 31.8 Å². The first-order chi connectivity index (χ1) is 14.0. The molecular formula is C23H33NO5. The Bertz CT molecular complexity index is 664. The number of pyridine rings is 1. The van der Waals surface area contributed by atoms with Crippen molar-refractivity contribution in [1.29, 1.82) is 0 Å². The summed E-state index contributed by atoms with van der Waals surface area (Å²) in [7, 11) is 0. The number of fused-ring (bicyclic) bond motifs is 1. The van der Waals surface area contributed by atoms with Crippen molar-refractivity contribution < 1.29 is 24.9 Å². The SMILES string of the molecule is O=C(O)CCC[C@H]1CC[C@@H]2[C@@H](C=CC(O)CCc3cccnc3)[C@H](O)C[C@@H]2OC1. The highest BCUT2D eigenvalue weighted by Crippen LogP contribution is 2.42. The second-order valence-electron chi connectivity index (χ2n) is 8.50. The van der Waals surface area contributed by atoms with E-state index < -0.39 is 18.2 Å². The van der Waals surface area contributed by atoms with Gasteiger partial charge in [-0.1, -0.05) is 18.2 Å². The second kappa shape index (κ2) is 10.9. The molecule has 0 radical (unpaired) electrons. The monoisotopic (exact) mass is 403 g/mol. The van der Waals surface area contributed by atoms with Crippen molar-refractivity contribution in [2.75, 3.05) is 6.61 Å². The first kappa shape index (κ1) is 21.9. The Morgan fingerprint density at radius 3 is 3.00 bits per heavy atom. The number of rotatable bonds is 9. The maximum Gasteiger partial charge on any atom is 0.303 e. The van der Waals surface area contributed by atoms with E-state index in [9.17, 15) is 15.0 Å². The van der Waals surface area contributed by atoms with Crippen molar-refractivity contribution in [2.24, 2.45) is 17.8 Å². The van der Waals surface area contributed by atoms with Crippen molar-refractivity contribution in [3.8, 4) is 0 Å². The van der Waals surface area contributed by atoms with Crippen LogP contribution < -0.4 is 0 Å². The molecule has 0 spiro atoms. The summed E-state index contributed by atoms with van der Waals surface area (Å²) in [6.45, 7) is 0.650. The predicted molar refractivity (Wildman–Crippen MR) is 109 cm³/mol. The molecule has 2 fully saturated rings. The molecular weight excluding hydrogens is 370 g/mol. The molecule has 1 saturated carbocycles. The van der Waals surface area contributed by atoms with Gasteiger partial charge in [-0.05, 0) is 62.0 Å². The molecule has 0 aromatic carbocycles. The van der Waals surface area contributed by atoms with Gasteiger partial charge >= 0.3 is 5.97 Å². The lowest BCUT2D eigenvalue weighted by Crippen LogP contribution is -2.21. The third-order valence-corrected chi connectivity index (χ3v) is 6.35. The van der Waals surface area contributed by atoms with Gasteiger partial charge in [0.05, 0.1) is 18.3 Å². The van der Waals surface area contributed by atoms with Crippen molar-refractivity contribution in [1.82, 2.24) is 4.98 Å². The second-order valence-corrected chi connectivity index (χ2v) is 8.50. The fourth-order valence-corrected chi connectivity index (χ4v) is 4.70. The van der Waals surface area contributed by atoms with Crippen molar-refractivity contribution in [3.63, 3.8) is 0 Å². The molecule has 160 valence electrons. The molecule has 2 aliphatic rings. The fraction of sp³-hybridized carbons (Fsp3) is 0.652. The maximum atomic E-state index is 10.7. The maximum absolute atomic E-state index is 10.7. The highest BCUT2D eigenvalue weighted by molar-refractivity contribution is 5.66. The number of nitrogens with zero attached hydrogens (tertiary/aromatic N) is 1. The van der Waals surface area contributed by atoms with Gasteiger partial charge in [-0.25, -0.2) is 0 Å². The van der Waals surface area contributed by atoms with Gasteiger partial charge in [-0.3, -0.25) is 9.78 Å². The Hall–Kier alpha value is -1.76. The van der Waals surface area contributed by atoms with E-state index in [1.54, 1.807) is 6.20 Å². The molecule has 1 unspecified atom stereocenters. The summed E-state index contributed by atoms with van der Waals surface area (Å²) in [5.41, 5.74) is 1.10. The first-order valence-electron chi connectivity index (χ1n) is 10.8. The zero-order chi connectivity index (χ0) is 20.6. The van der Waals surface area contributed by atoms with Crippen LogP contribution in [0.4, 0.5) is 0 Å². The average molecular weight is 404 g/mol. The summed E-state index contributed by atoms with van der Waals surface area (Å²) < 4.78 is 6.10. The summed E-state index contributed by atoms with van der Waals surface area (Å²) in [4.78, 5) is 14.8. The minimum absolute atomic E-state index is 0.00538. The van der Waals surface area contributed by atoms with Gasteiger partial charge in [0.25, 0.3) is 0 Å². The summed E-state index contributed by atoms with van der Waals surface area (Å²) in [6, 6.07) is 3.90. The van der Waals surface area contributed by atoms with Crippen LogP contribution in [-0.4, -0.2) is 51.2 Å². The van der Waals surface area contributed by atoms with Gasteiger partial charge in [0.15, 0.2) is 0 Å². The van der Waals surface area contributed by atoms with Gasteiger partial charge in [-0.2, -0.15) is 0 Å². The number of aliphatic carboxylic acids is 1. The Kier molecular flexibility index (Phi) is 8.21. The zero-order valence-electron chi connectivity index (χ0n) is 16.9. The number of aromatic nitrogens is 1. The smallest absolute Gasteiger partial charge is 0.303 e. The number of carboxylic acids is 1. The number of carboxylic acid groups (broad SMARTS) is 1. The van der Waals surface area contributed by atoms with E-state index in [2.05, 4.69) is 4.98 Å². The van der Waals surface area contributed by atoms with Crippen LogP contribution in [-0.2, 0) is 16.0 Å². The molecule has 6 atom stereocenters. The van der Waals surface area contributed by atoms with E-state index >= 15 is 0 Å². The van der Waals surface area contributed by atoms with Crippen molar-refractivity contribution in [3.05, 3.63) is 42.2 Å². The van der Waals surface area contributed by atoms with Crippen LogP contribution in [0.1, 0.15) is 50.5 Å². The fourth-order valence-electron chi connectivity index (χ4n) is 4.70. The molecule has 1 saturated heterocycles. The standard InChI is InChI=1S/C23H33NO5/c25-18(8-6-16-4-2-12-24-14-16)9-11-19-20-10-7-17(3-1-5-23(27)28)15-29-22(20)13-21(19)26/h2,4,9,11-12,14,17-22,25-26H,1,3,5-8,10,13,15H2,(H,27,28)/t17-,18?,19+,20+,21+,22-/m0/s1. The van der Waals surface area contributed by atoms with Crippen LogP contribution in [0.15, 0.2) is 36.7 Å². The molecule has 3 rings (SSSR count). The van der Waals surface area contributed by atoms with Gasteiger partial charge in [0, 0.05) is 37.8 Å². The predicted octanol–water partition coefficient (Wildman–Crippen LogP) is 2.98. The van der Waals surface area contributed by atoms with Crippen LogP contribution in [0.25, 0.3) is 0 Å². The van der Waals surface area contributed by atoms with E-state index in [1.807, 2.05) is 30.5 Å². The van der Waals surface area contributed by atoms with Gasteiger partial charge < -0.3 is 20.1 Å². The van der Waals surface area contributed by atoms with E-state index in [-0.39, 0.29) is 24.4 Å². The molecule has 1 aromatic rings. The third kappa shape index (κ3) is 6.63. The molecule has 0 bridgehead atoms. The molecule has 3 N–H and O–H groups in total. The Morgan fingerprint density at radius 1 is 1.38 bits per heavy atom. The highest BCUT2D eigenvalue weighted by atomic mass is 16.5. The lowest BCUT2D eigenvalue weighted by Gasteiger charge is -2.21. The summed E-state index contributed by atoms with van der Waals surface area (Å²) >= 11 is 0. The van der Waals surface area contributed by atoms with E-state index in [1.165, 1.54) is 0 Å². The molecule has 1 aliphatic carbocycles. The largest absolute Gasteiger partial charge is 0.481 e. The van der Waals surface area contributed by atoms with Crippen LogP contribution in [0.5, 0.6) is 0 Å². The number of hydrogen-bond donors (Lipinski definition) is 3. The highest BCUT2D eigenvalue weighted by Gasteiger charge is 2.43. The molecule has 0 amide bonds. The van der Waals surface area contributed by atoms with Crippen LogP contribution >= 0.6 is 0 Å². The van der Waals surface area contributed by atoms with Crippen LogP contribution in [0, 0.1) is 17.8 Å². The number of ether oxygens (including phenoxy) is 1. The minimum Gasteiger partial charge on any atom is -0.481 e. The first-order valence-corrected chi connectivity index (χ1v) is 10.8. The number of aryl methyl sites for hydroxylation is 1. The number of aliphatic hydroxyl groups is 2. The van der Waals surface area contributed by atoms with Gasteiger partial charge in [0.1, 0.15) is 0 Å². The summed E-state index contributed by atoms with van der Waals surface area (Å²) in [5.74, 6) is -0.0827. The Balaban J connectivity index is 1.49. The zero-order valence-corrected chi connectivity index (χ0v) is 16.9. The van der Waals surface area contributed by atoms with Gasteiger partial charge in [0.2, 0.25) is 0 Å². The average Bonchev–Trinajstić information content (AvgIpc) is 2.87. The van der Waals surface area contributed by atoms with Crippen molar-refractivity contribution >= 4 is 5.97 Å². The minimum atomic E-state index is -0.744. The van der Waals surface area contributed by atoms with Crippen LogP contribution in [0.2, 0.25) is 0 Å². The van der Waals surface area contributed by atoms with E-state index in [4.69, 9.17) is 9.84 Å². The normalized spacial score (nSPS) is 30.8. The molecule has 2 heterocycles. The lowest BCUT2D eigenvalue weighted by atomic mass is 9.86.